The van der Waals surface area contributed by atoms with E-state index in [2.05, 4.69) is 20.2 Å². The van der Waals surface area contributed by atoms with Crippen molar-refractivity contribution in [1.29, 1.82) is 0 Å². The molecule has 2 heterocycles. The van der Waals surface area contributed by atoms with E-state index in [1.807, 2.05) is 20.8 Å². The molecule has 0 saturated carbocycles. The van der Waals surface area contributed by atoms with E-state index in [-0.39, 0.29) is 5.84 Å². The molecule has 2 rings (SSSR count). The molecular weight excluding hydrogens is 232 g/mol. The fourth-order valence-corrected chi connectivity index (χ4v) is 1.64. The number of amidine groups is 1. The Labute approximate surface area is 104 Å². The van der Waals surface area contributed by atoms with Crippen LogP contribution in [0.2, 0.25) is 0 Å². The third kappa shape index (κ3) is 1.79. The van der Waals surface area contributed by atoms with Crippen LogP contribution < -0.4 is 5.73 Å². The fraction of sp³-hybridized carbons (Fsp3) is 0.273. The number of hydrogen-bond donors (Lipinski definition) is 2. The topological polar surface area (TPSA) is 102 Å². The van der Waals surface area contributed by atoms with Crippen LogP contribution in [0.1, 0.15) is 22.6 Å². The van der Waals surface area contributed by atoms with Gasteiger partial charge in [-0.3, -0.25) is 0 Å². The molecule has 7 nitrogen and oxygen atoms in total. The molecule has 7 heteroatoms. The number of aryl methyl sites for hydroxylation is 1. The number of nitrogens with zero attached hydrogens (tertiary/aromatic N) is 5. The maximum Gasteiger partial charge on any atom is 0.192 e. The Morgan fingerprint density at radius 1 is 1.28 bits per heavy atom. The zero-order valence-corrected chi connectivity index (χ0v) is 10.4. The van der Waals surface area contributed by atoms with Gasteiger partial charge in [0.1, 0.15) is 0 Å². The highest BCUT2D eigenvalue weighted by Crippen LogP contribution is 2.16. The number of hydrogen-bond acceptors (Lipinski definition) is 5. The van der Waals surface area contributed by atoms with Gasteiger partial charge in [-0.25, -0.2) is 14.6 Å². The van der Waals surface area contributed by atoms with E-state index in [0.717, 1.165) is 17.0 Å². The average Bonchev–Trinajstić information content (AvgIpc) is 2.65. The monoisotopic (exact) mass is 246 g/mol. The van der Waals surface area contributed by atoms with Gasteiger partial charge in [-0.05, 0) is 26.3 Å². The van der Waals surface area contributed by atoms with Gasteiger partial charge in [-0.1, -0.05) is 5.16 Å². The molecule has 0 aromatic carbocycles. The van der Waals surface area contributed by atoms with Gasteiger partial charge in [0.05, 0.1) is 5.69 Å². The van der Waals surface area contributed by atoms with Crippen molar-refractivity contribution in [3.8, 4) is 5.82 Å². The van der Waals surface area contributed by atoms with E-state index in [4.69, 9.17) is 10.9 Å². The summed E-state index contributed by atoms with van der Waals surface area (Å²) in [5, 5.41) is 16.1. The Morgan fingerprint density at radius 2 is 1.94 bits per heavy atom. The van der Waals surface area contributed by atoms with Gasteiger partial charge in [0.25, 0.3) is 0 Å². The second kappa shape index (κ2) is 4.44. The molecule has 0 fully saturated rings. The molecule has 0 bridgehead atoms. The first-order valence-corrected chi connectivity index (χ1v) is 5.38. The van der Waals surface area contributed by atoms with Crippen LogP contribution in [0.25, 0.3) is 5.82 Å². The van der Waals surface area contributed by atoms with Gasteiger partial charge in [-0.15, -0.1) is 0 Å². The molecule has 94 valence electrons. The number of nitrogens with two attached hydrogens (primary N) is 1. The summed E-state index contributed by atoms with van der Waals surface area (Å²) in [6, 6.07) is 0. The Balaban J connectivity index is 2.68. The summed E-state index contributed by atoms with van der Waals surface area (Å²) in [6.45, 7) is 5.83. The predicted octanol–water partition coefficient (Wildman–Crippen LogP) is 0.682. The predicted molar refractivity (Wildman–Crippen MR) is 65.9 cm³/mol. The largest absolute Gasteiger partial charge is 0.409 e. The van der Waals surface area contributed by atoms with Crippen LogP contribution in [-0.4, -0.2) is 30.8 Å². The Morgan fingerprint density at radius 3 is 2.50 bits per heavy atom. The Bertz CT molecular complexity index is 616. The van der Waals surface area contributed by atoms with E-state index in [1.165, 1.54) is 12.4 Å². The molecule has 0 unspecified atom stereocenters. The van der Waals surface area contributed by atoms with Crippen molar-refractivity contribution in [2.75, 3.05) is 0 Å². The molecule has 0 aliphatic heterocycles. The van der Waals surface area contributed by atoms with Crippen LogP contribution in [0.15, 0.2) is 17.5 Å². The van der Waals surface area contributed by atoms with Gasteiger partial charge in [-0.2, -0.15) is 5.10 Å². The van der Waals surface area contributed by atoms with E-state index < -0.39 is 0 Å². The number of rotatable bonds is 2. The molecule has 18 heavy (non-hydrogen) atoms. The smallest absolute Gasteiger partial charge is 0.192 e. The molecule has 2 aromatic rings. The quantitative estimate of drug-likeness (QED) is 0.351. The molecule has 3 N–H and O–H groups in total. The first-order chi connectivity index (χ1) is 8.56. The summed E-state index contributed by atoms with van der Waals surface area (Å²) in [4.78, 5) is 8.27. The Kier molecular flexibility index (Phi) is 2.97. The van der Waals surface area contributed by atoms with Gasteiger partial charge < -0.3 is 10.9 Å². The maximum absolute atomic E-state index is 8.75. The lowest BCUT2D eigenvalue weighted by atomic mass is 10.2. The molecular formula is C11H14N6O. The van der Waals surface area contributed by atoms with Crippen LogP contribution >= 0.6 is 0 Å². The lowest BCUT2D eigenvalue weighted by Crippen LogP contribution is -2.20. The average molecular weight is 246 g/mol. The third-order valence-corrected chi connectivity index (χ3v) is 2.88. The minimum Gasteiger partial charge on any atom is -0.409 e. The normalized spacial score (nSPS) is 11.8. The molecule has 0 aliphatic rings. The second-order valence-corrected chi connectivity index (χ2v) is 3.92. The molecule has 0 radical (unpaired) electrons. The lowest BCUT2D eigenvalue weighted by Gasteiger charge is -2.07. The SMILES string of the molecule is Cc1nn(-c2nccnc2C(N)=NO)c(C)c1C. The van der Waals surface area contributed by atoms with Crippen LogP contribution in [0.4, 0.5) is 0 Å². The molecule has 2 aromatic heterocycles. The maximum atomic E-state index is 8.75. The van der Waals surface area contributed by atoms with E-state index in [0.29, 0.717) is 11.5 Å². The summed E-state index contributed by atoms with van der Waals surface area (Å²) in [6.07, 6.45) is 3.02. The Hall–Kier alpha value is -2.44. The first kappa shape index (κ1) is 12.0. The van der Waals surface area contributed by atoms with Crippen LogP contribution in [0.5, 0.6) is 0 Å². The lowest BCUT2D eigenvalue weighted by molar-refractivity contribution is 0.318. The fourth-order valence-electron chi connectivity index (χ4n) is 1.64. The van der Waals surface area contributed by atoms with Crippen LogP contribution in [0, 0.1) is 20.8 Å². The van der Waals surface area contributed by atoms with E-state index >= 15 is 0 Å². The summed E-state index contributed by atoms with van der Waals surface area (Å²) >= 11 is 0. The molecule has 0 atom stereocenters. The number of aromatic nitrogens is 4. The van der Waals surface area contributed by atoms with Gasteiger partial charge in [0.15, 0.2) is 17.3 Å². The van der Waals surface area contributed by atoms with Crippen molar-refractivity contribution < 1.29 is 5.21 Å². The standard InChI is InChI=1S/C11H14N6O/c1-6-7(2)15-17(8(6)3)11-9(10(12)16-18)13-4-5-14-11/h4-5,18H,1-3H3,(H2,12,16). The minimum atomic E-state index is -0.0942. The molecule has 0 spiro atoms. The summed E-state index contributed by atoms with van der Waals surface area (Å²) in [7, 11) is 0. The van der Waals surface area contributed by atoms with Crippen LogP contribution in [0.3, 0.4) is 0 Å². The first-order valence-electron chi connectivity index (χ1n) is 5.38. The van der Waals surface area contributed by atoms with E-state index in [9.17, 15) is 0 Å². The summed E-state index contributed by atoms with van der Waals surface area (Å²) < 4.78 is 1.64. The van der Waals surface area contributed by atoms with Crippen molar-refractivity contribution >= 4 is 5.84 Å². The molecule has 0 saturated heterocycles. The molecule has 0 amide bonds. The summed E-state index contributed by atoms with van der Waals surface area (Å²) in [5.74, 6) is 0.352. The van der Waals surface area contributed by atoms with Crippen molar-refractivity contribution in [2.24, 2.45) is 10.9 Å². The van der Waals surface area contributed by atoms with E-state index in [1.54, 1.807) is 4.68 Å². The van der Waals surface area contributed by atoms with Crippen molar-refractivity contribution in [2.45, 2.75) is 20.8 Å². The zero-order chi connectivity index (χ0) is 13.3. The van der Waals surface area contributed by atoms with Crippen molar-refractivity contribution in [3.63, 3.8) is 0 Å². The van der Waals surface area contributed by atoms with Crippen molar-refractivity contribution in [1.82, 2.24) is 19.7 Å². The summed E-state index contributed by atoms with van der Waals surface area (Å²) in [5.41, 5.74) is 8.81. The van der Waals surface area contributed by atoms with Gasteiger partial charge >= 0.3 is 0 Å². The van der Waals surface area contributed by atoms with Gasteiger partial charge in [0.2, 0.25) is 0 Å². The van der Waals surface area contributed by atoms with Gasteiger partial charge in [0, 0.05) is 18.1 Å². The third-order valence-electron chi connectivity index (χ3n) is 2.88. The van der Waals surface area contributed by atoms with Crippen molar-refractivity contribution in [3.05, 3.63) is 35.0 Å². The number of oxime groups is 1. The zero-order valence-electron chi connectivity index (χ0n) is 10.4. The highest BCUT2D eigenvalue weighted by molar-refractivity contribution is 5.97. The minimum absolute atomic E-state index is 0.0942. The highest BCUT2D eigenvalue weighted by Gasteiger charge is 2.16. The van der Waals surface area contributed by atoms with Crippen LogP contribution in [-0.2, 0) is 0 Å². The second-order valence-electron chi connectivity index (χ2n) is 3.92. The highest BCUT2D eigenvalue weighted by atomic mass is 16.4. The molecule has 0 aliphatic carbocycles.